The van der Waals surface area contributed by atoms with E-state index in [-0.39, 0.29) is 12.5 Å². The van der Waals surface area contributed by atoms with Crippen LogP contribution in [0.5, 0.6) is 0 Å². The van der Waals surface area contributed by atoms with Gasteiger partial charge in [-0.15, -0.1) is 0 Å². The van der Waals surface area contributed by atoms with Crippen molar-refractivity contribution in [1.82, 2.24) is 10.1 Å². The number of aliphatic hydroxyl groups excluding tert-OH is 1. The Morgan fingerprint density at radius 2 is 2.16 bits per heavy atom. The first kappa shape index (κ1) is 17.7. The fourth-order valence-corrected chi connectivity index (χ4v) is 3.66. The van der Waals surface area contributed by atoms with Crippen LogP contribution in [0.4, 0.5) is 0 Å². The molecule has 1 amide bonds. The zero-order valence-electron chi connectivity index (χ0n) is 15.0. The van der Waals surface area contributed by atoms with Crippen LogP contribution in [0.25, 0.3) is 0 Å². The molecular formula is C20H26N2O3. The van der Waals surface area contributed by atoms with Crippen molar-refractivity contribution in [1.29, 1.82) is 0 Å². The summed E-state index contributed by atoms with van der Waals surface area (Å²) >= 11 is 0. The first-order valence-electron chi connectivity index (χ1n) is 8.95. The van der Waals surface area contributed by atoms with Crippen molar-refractivity contribution in [3.05, 3.63) is 52.4 Å². The van der Waals surface area contributed by atoms with Gasteiger partial charge in [-0.05, 0) is 50.2 Å². The Hall–Kier alpha value is -2.14. The van der Waals surface area contributed by atoms with E-state index in [1.807, 2.05) is 30.9 Å². The van der Waals surface area contributed by atoms with Crippen LogP contribution >= 0.6 is 0 Å². The predicted molar refractivity (Wildman–Crippen MR) is 95.1 cm³/mol. The average Bonchev–Trinajstić information content (AvgIpc) is 3.20. The van der Waals surface area contributed by atoms with E-state index in [0.29, 0.717) is 18.8 Å². The maximum Gasteiger partial charge on any atom is 0.222 e. The number of nitrogens with zero attached hydrogens (tertiary/aromatic N) is 2. The van der Waals surface area contributed by atoms with Gasteiger partial charge in [0.2, 0.25) is 5.91 Å². The van der Waals surface area contributed by atoms with E-state index < -0.39 is 0 Å². The van der Waals surface area contributed by atoms with Gasteiger partial charge in [-0.25, -0.2) is 0 Å². The topological polar surface area (TPSA) is 66.6 Å². The summed E-state index contributed by atoms with van der Waals surface area (Å²) in [5.74, 6) is 1.52. The molecule has 1 aliphatic rings. The fourth-order valence-electron chi connectivity index (χ4n) is 3.66. The molecule has 1 N–H and O–H groups in total. The number of hydrogen-bond acceptors (Lipinski definition) is 4. The van der Waals surface area contributed by atoms with Crippen LogP contribution in [0.15, 0.2) is 28.8 Å². The number of hydrogen-bond donors (Lipinski definition) is 1. The highest BCUT2D eigenvalue weighted by Crippen LogP contribution is 2.23. The zero-order chi connectivity index (χ0) is 17.8. The van der Waals surface area contributed by atoms with Crippen LogP contribution in [0.2, 0.25) is 0 Å². The highest BCUT2D eigenvalue weighted by atomic mass is 16.5. The van der Waals surface area contributed by atoms with Crippen molar-refractivity contribution in [2.24, 2.45) is 5.92 Å². The summed E-state index contributed by atoms with van der Waals surface area (Å²) in [4.78, 5) is 14.5. The second-order valence-corrected chi connectivity index (χ2v) is 6.98. The minimum absolute atomic E-state index is 0.0742. The minimum Gasteiger partial charge on any atom is -0.392 e. The van der Waals surface area contributed by atoms with Gasteiger partial charge in [-0.3, -0.25) is 4.79 Å². The van der Waals surface area contributed by atoms with E-state index in [1.165, 1.54) is 5.56 Å². The Morgan fingerprint density at radius 3 is 2.88 bits per heavy atom. The van der Waals surface area contributed by atoms with Gasteiger partial charge >= 0.3 is 0 Å². The average molecular weight is 342 g/mol. The van der Waals surface area contributed by atoms with Gasteiger partial charge in [-0.2, -0.15) is 0 Å². The Morgan fingerprint density at radius 1 is 1.36 bits per heavy atom. The lowest BCUT2D eigenvalue weighted by molar-refractivity contribution is -0.130. The fraction of sp³-hybridized carbons (Fsp3) is 0.500. The molecule has 1 fully saturated rings. The zero-order valence-corrected chi connectivity index (χ0v) is 15.0. The predicted octanol–water partition coefficient (Wildman–Crippen LogP) is 2.81. The van der Waals surface area contributed by atoms with Crippen molar-refractivity contribution in [2.75, 3.05) is 13.1 Å². The maximum atomic E-state index is 12.5. The third-order valence-electron chi connectivity index (χ3n) is 5.11. The monoisotopic (exact) mass is 342 g/mol. The van der Waals surface area contributed by atoms with E-state index >= 15 is 0 Å². The first-order valence-corrected chi connectivity index (χ1v) is 8.95. The normalized spacial score (nSPS) is 17.2. The van der Waals surface area contributed by atoms with Crippen molar-refractivity contribution < 1.29 is 14.4 Å². The lowest BCUT2D eigenvalue weighted by Crippen LogP contribution is -2.29. The van der Waals surface area contributed by atoms with Crippen LogP contribution in [-0.2, 0) is 24.2 Å². The lowest BCUT2D eigenvalue weighted by Gasteiger charge is -2.17. The van der Waals surface area contributed by atoms with Gasteiger partial charge in [0.25, 0.3) is 0 Å². The molecule has 2 aromatic rings. The van der Waals surface area contributed by atoms with E-state index in [4.69, 9.17) is 4.52 Å². The lowest BCUT2D eigenvalue weighted by atomic mass is 9.97. The molecule has 0 bridgehead atoms. The molecule has 0 radical (unpaired) electrons. The molecule has 1 aromatic heterocycles. The summed E-state index contributed by atoms with van der Waals surface area (Å²) in [7, 11) is 0. The molecule has 1 atom stereocenters. The van der Waals surface area contributed by atoms with Crippen LogP contribution in [0.1, 0.15) is 41.0 Å². The number of aliphatic hydroxyl groups is 1. The molecule has 1 saturated heterocycles. The summed E-state index contributed by atoms with van der Waals surface area (Å²) in [6, 6.07) is 8.08. The first-order chi connectivity index (χ1) is 12.1. The van der Waals surface area contributed by atoms with Crippen LogP contribution in [0.3, 0.4) is 0 Å². The molecule has 3 rings (SSSR count). The summed E-state index contributed by atoms with van der Waals surface area (Å²) in [5.41, 5.74) is 4.13. The molecule has 1 unspecified atom stereocenters. The molecule has 1 aromatic carbocycles. The summed E-state index contributed by atoms with van der Waals surface area (Å²) in [5, 5.41) is 13.2. The molecule has 5 nitrogen and oxygen atoms in total. The number of carbonyl (C=O) groups excluding carboxylic acids is 1. The van der Waals surface area contributed by atoms with E-state index in [1.54, 1.807) is 0 Å². The number of aryl methyl sites for hydroxylation is 2. The number of rotatable bonds is 6. The molecule has 2 heterocycles. The van der Waals surface area contributed by atoms with Crippen molar-refractivity contribution in [3.63, 3.8) is 0 Å². The largest absolute Gasteiger partial charge is 0.392 e. The van der Waals surface area contributed by atoms with Gasteiger partial charge in [-0.1, -0.05) is 29.4 Å². The number of likely N-dealkylation sites (tertiary alicyclic amines) is 1. The van der Waals surface area contributed by atoms with Gasteiger partial charge in [0, 0.05) is 25.1 Å². The van der Waals surface area contributed by atoms with E-state index in [9.17, 15) is 9.90 Å². The SMILES string of the molecule is Cc1noc(C)c1CCC(=O)N1CCC(Cc2cccc(CO)c2)C1. The molecule has 25 heavy (non-hydrogen) atoms. The minimum atomic E-state index is 0.0742. The summed E-state index contributed by atoms with van der Waals surface area (Å²) in [6.07, 6.45) is 3.21. The smallest absolute Gasteiger partial charge is 0.222 e. The van der Waals surface area contributed by atoms with Gasteiger partial charge < -0.3 is 14.5 Å². The molecule has 0 aliphatic carbocycles. The third-order valence-corrected chi connectivity index (χ3v) is 5.11. The van der Waals surface area contributed by atoms with Crippen molar-refractivity contribution in [3.8, 4) is 0 Å². The standard InChI is InChI=1S/C20H26N2O3/c1-14-19(15(2)25-21-14)6-7-20(24)22-9-8-17(12-22)10-16-4-3-5-18(11-16)13-23/h3-5,11,17,23H,6-10,12-13H2,1-2H3. The van der Waals surface area contributed by atoms with Gasteiger partial charge in [0.15, 0.2) is 0 Å². The summed E-state index contributed by atoms with van der Waals surface area (Å²) < 4.78 is 5.16. The molecular weight excluding hydrogens is 316 g/mol. The van der Waals surface area contributed by atoms with Gasteiger partial charge in [0.05, 0.1) is 12.3 Å². The Balaban J connectivity index is 1.51. The molecule has 0 spiro atoms. The second kappa shape index (κ2) is 7.83. The number of amides is 1. The Kier molecular flexibility index (Phi) is 5.53. The van der Waals surface area contributed by atoms with Gasteiger partial charge in [0.1, 0.15) is 5.76 Å². The molecule has 134 valence electrons. The molecule has 1 aliphatic heterocycles. The maximum absolute atomic E-state index is 12.5. The Labute approximate surface area is 148 Å². The second-order valence-electron chi connectivity index (χ2n) is 6.98. The van der Waals surface area contributed by atoms with Crippen molar-refractivity contribution in [2.45, 2.75) is 46.1 Å². The van der Waals surface area contributed by atoms with Crippen LogP contribution in [-0.4, -0.2) is 34.2 Å². The molecule has 0 saturated carbocycles. The number of carbonyl (C=O) groups is 1. The van der Waals surface area contributed by atoms with Crippen LogP contribution in [0, 0.1) is 19.8 Å². The Bertz CT molecular complexity index is 719. The van der Waals surface area contributed by atoms with E-state index in [0.717, 1.165) is 48.5 Å². The third kappa shape index (κ3) is 4.28. The molecule has 5 heteroatoms. The highest BCUT2D eigenvalue weighted by Gasteiger charge is 2.26. The number of benzene rings is 1. The van der Waals surface area contributed by atoms with Crippen molar-refractivity contribution >= 4 is 5.91 Å². The summed E-state index contributed by atoms with van der Waals surface area (Å²) in [6.45, 7) is 5.55. The van der Waals surface area contributed by atoms with E-state index in [2.05, 4.69) is 17.3 Å². The number of aromatic nitrogens is 1. The van der Waals surface area contributed by atoms with Crippen LogP contribution < -0.4 is 0 Å². The quantitative estimate of drug-likeness (QED) is 0.877. The highest BCUT2D eigenvalue weighted by molar-refractivity contribution is 5.76.